The summed E-state index contributed by atoms with van der Waals surface area (Å²) in [7, 11) is 0. The van der Waals surface area contributed by atoms with Crippen molar-refractivity contribution in [2.45, 2.75) is 33.5 Å². The highest BCUT2D eigenvalue weighted by Gasteiger charge is 2.28. The summed E-state index contributed by atoms with van der Waals surface area (Å²) >= 11 is 0. The normalized spacial score (nSPS) is 13.9. The Morgan fingerprint density at radius 1 is 1.06 bits per heavy atom. The molecule has 3 aromatic carbocycles. The van der Waals surface area contributed by atoms with Crippen molar-refractivity contribution in [1.82, 2.24) is 0 Å². The topological polar surface area (TPSA) is 99.9 Å². The molecule has 0 spiro atoms. The third-order valence-electron chi connectivity index (χ3n) is 5.59. The molecule has 1 aliphatic heterocycles. The van der Waals surface area contributed by atoms with Gasteiger partial charge in [-0.15, -0.1) is 0 Å². The molecule has 3 aromatic rings. The van der Waals surface area contributed by atoms with E-state index in [1.54, 1.807) is 58.0 Å². The van der Waals surface area contributed by atoms with Crippen molar-refractivity contribution >= 4 is 22.8 Å². The second-order valence-corrected chi connectivity index (χ2v) is 8.87. The molecule has 0 aliphatic carbocycles. The third kappa shape index (κ3) is 5.46. The fourth-order valence-electron chi connectivity index (χ4n) is 3.75. The molecule has 1 heterocycles. The minimum Gasteiger partial charge on any atom is -0.486 e. The van der Waals surface area contributed by atoms with E-state index in [2.05, 4.69) is 5.32 Å². The van der Waals surface area contributed by atoms with Gasteiger partial charge in [-0.3, -0.25) is 14.9 Å². The number of nitro groups is 1. The predicted molar refractivity (Wildman–Crippen MR) is 132 cm³/mol. The van der Waals surface area contributed by atoms with Gasteiger partial charge in [0.15, 0.2) is 11.5 Å². The molecule has 1 aliphatic rings. The Morgan fingerprint density at radius 3 is 2.50 bits per heavy atom. The maximum atomic E-state index is 13.4. The Bertz CT molecular complexity index is 1380. The summed E-state index contributed by atoms with van der Waals surface area (Å²) in [6, 6.07) is 13.4. The van der Waals surface area contributed by atoms with Gasteiger partial charge in [-0.1, -0.05) is 6.07 Å². The fourth-order valence-corrected chi connectivity index (χ4v) is 3.75. The van der Waals surface area contributed by atoms with Crippen molar-refractivity contribution in [3.8, 4) is 5.75 Å². The zero-order valence-electron chi connectivity index (χ0n) is 20.3. The van der Waals surface area contributed by atoms with Gasteiger partial charge in [0, 0.05) is 36.9 Å². The van der Waals surface area contributed by atoms with Gasteiger partial charge in [-0.05, 0) is 67.4 Å². The number of nitrogens with zero attached hydrogens (tertiary/aromatic N) is 1. The standard InChI is InChI=1S/C27H25FN2O6/c1-16-5-8-20(34-14-21-15-35-27(3,4)36-21)13-23(16)26(31)22-9-7-19(12-25(22)30(32)33)29-24-10-6-18(28)11-17(24)2/h5-13,15,29H,14H2,1-4H3. The Balaban J connectivity index is 1.57. The fraction of sp³-hybridized carbons (Fsp3) is 0.222. The average molecular weight is 493 g/mol. The molecule has 0 fully saturated rings. The second kappa shape index (κ2) is 9.69. The van der Waals surface area contributed by atoms with Crippen LogP contribution >= 0.6 is 0 Å². The van der Waals surface area contributed by atoms with Gasteiger partial charge < -0.3 is 19.5 Å². The van der Waals surface area contributed by atoms with Gasteiger partial charge in [0.05, 0.1) is 4.92 Å². The van der Waals surface area contributed by atoms with Crippen molar-refractivity contribution in [1.29, 1.82) is 0 Å². The number of benzene rings is 3. The molecule has 0 unspecified atom stereocenters. The number of nitro benzene ring substituents is 1. The van der Waals surface area contributed by atoms with Gasteiger partial charge in [0.1, 0.15) is 30.0 Å². The Kier molecular flexibility index (Phi) is 6.65. The second-order valence-electron chi connectivity index (χ2n) is 8.87. The van der Waals surface area contributed by atoms with E-state index in [-0.39, 0.29) is 29.2 Å². The quantitative estimate of drug-likeness (QED) is 0.223. The van der Waals surface area contributed by atoms with E-state index in [1.165, 1.54) is 30.5 Å². The van der Waals surface area contributed by atoms with Gasteiger partial charge in [0.25, 0.3) is 5.69 Å². The first-order valence-corrected chi connectivity index (χ1v) is 11.2. The lowest BCUT2D eigenvalue weighted by molar-refractivity contribution is -0.385. The summed E-state index contributed by atoms with van der Waals surface area (Å²) < 4.78 is 30.1. The van der Waals surface area contributed by atoms with Crippen LogP contribution in [0.15, 0.2) is 66.6 Å². The maximum absolute atomic E-state index is 13.4. The molecule has 186 valence electrons. The molecule has 9 heteroatoms. The number of hydrogen-bond acceptors (Lipinski definition) is 7. The molecule has 0 atom stereocenters. The molecule has 0 aromatic heterocycles. The lowest BCUT2D eigenvalue weighted by Gasteiger charge is -2.18. The van der Waals surface area contributed by atoms with Crippen molar-refractivity contribution < 1.29 is 28.3 Å². The van der Waals surface area contributed by atoms with Crippen molar-refractivity contribution in [2.75, 3.05) is 11.9 Å². The number of nitrogens with one attached hydrogen (secondary N) is 1. The molecule has 0 saturated carbocycles. The third-order valence-corrected chi connectivity index (χ3v) is 5.59. The minimum atomic E-state index is -0.761. The molecule has 8 nitrogen and oxygen atoms in total. The van der Waals surface area contributed by atoms with Crippen LogP contribution in [0.25, 0.3) is 0 Å². The number of rotatable bonds is 8. The number of ether oxygens (including phenoxy) is 3. The Morgan fingerprint density at radius 2 is 1.83 bits per heavy atom. The first kappa shape index (κ1) is 24.7. The van der Waals surface area contributed by atoms with E-state index < -0.39 is 16.5 Å². The number of aryl methyl sites for hydroxylation is 2. The average Bonchev–Trinajstić information content (AvgIpc) is 3.18. The number of halogens is 1. The molecule has 0 saturated heterocycles. The molecular weight excluding hydrogens is 467 g/mol. The van der Waals surface area contributed by atoms with Crippen LogP contribution < -0.4 is 10.1 Å². The van der Waals surface area contributed by atoms with Crippen LogP contribution in [0.3, 0.4) is 0 Å². The van der Waals surface area contributed by atoms with E-state index in [0.29, 0.717) is 34.0 Å². The molecular formula is C27H25FN2O6. The zero-order valence-corrected chi connectivity index (χ0v) is 20.3. The monoisotopic (exact) mass is 492 g/mol. The molecule has 1 N–H and O–H groups in total. The SMILES string of the molecule is Cc1cc(F)ccc1Nc1ccc(C(=O)c2cc(OCC3=COC(C)(C)O3)ccc2C)c([N+](=O)[O-])c1. The van der Waals surface area contributed by atoms with Crippen molar-refractivity contribution in [3.63, 3.8) is 0 Å². The summed E-state index contributed by atoms with van der Waals surface area (Å²) in [6.07, 6.45) is 1.48. The number of anilines is 2. The Hall–Kier alpha value is -4.40. The number of carbonyl (C=O) groups is 1. The van der Waals surface area contributed by atoms with Crippen LogP contribution in [0.1, 0.15) is 40.9 Å². The van der Waals surface area contributed by atoms with E-state index in [1.807, 2.05) is 0 Å². The highest BCUT2D eigenvalue weighted by atomic mass is 19.1. The van der Waals surface area contributed by atoms with Crippen LogP contribution in [0.4, 0.5) is 21.5 Å². The van der Waals surface area contributed by atoms with Crippen LogP contribution in [0.5, 0.6) is 5.75 Å². The first-order valence-electron chi connectivity index (χ1n) is 11.2. The van der Waals surface area contributed by atoms with Gasteiger partial charge in [0.2, 0.25) is 5.79 Å². The lowest BCUT2D eigenvalue weighted by atomic mass is 9.97. The molecule has 0 radical (unpaired) electrons. The van der Waals surface area contributed by atoms with Crippen LogP contribution in [0, 0.1) is 29.8 Å². The summed E-state index contributed by atoms with van der Waals surface area (Å²) in [5.74, 6) is -0.733. The van der Waals surface area contributed by atoms with Gasteiger partial charge >= 0.3 is 0 Å². The number of hydrogen-bond donors (Lipinski definition) is 1. The molecule has 0 bridgehead atoms. The van der Waals surface area contributed by atoms with E-state index in [0.717, 1.165) is 0 Å². The summed E-state index contributed by atoms with van der Waals surface area (Å²) in [6.45, 7) is 7.11. The lowest BCUT2D eigenvalue weighted by Crippen LogP contribution is -2.21. The summed E-state index contributed by atoms with van der Waals surface area (Å²) in [5, 5.41) is 14.9. The minimum absolute atomic E-state index is 0.0568. The Labute approximate surface area is 207 Å². The van der Waals surface area contributed by atoms with Crippen molar-refractivity contribution in [3.05, 3.63) is 105 Å². The van der Waals surface area contributed by atoms with Crippen molar-refractivity contribution in [2.24, 2.45) is 0 Å². The van der Waals surface area contributed by atoms with E-state index in [9.17, 15) is 19.3 Å². The number of carbonyl (C=O) groups excluding carboxylic acids is 1. The maximum Gasteiger partial charge on any atom is 0.282 e. The van der Waals surface area contributed by atoms with E-state index >= 15 is 0 Å². The molecule has 0 amide bonds. The first-order chi connectivity index (χ1) is 17.0. The van der Waals surface area contributed by atoms with Gasteiger partial charge in [-0.25, -0.2) is 4.39 Å². The smallest absolute Gasteiger partial charge is 0.282 e. The summed E-state index contributed by atoms with van der Waals surface area (Å²) in [5.41, 5.74) is 2.16. The van der Waals surface area contributed by atoms with Gasteiger partial charge in [-0.2, -0.15) is 0 Å². The number of ketones is 1. The summed E-state index contributed by atoms with van der Waals surface area (Å²) in [4.78, 5) is 24.6. The van der Waals surface area contributed by atoms with Crippen LogP contribution in [-0.4, -0.2) is 23.1 Å². The predicted octanol–water partition coefficient (Wildman–Crippen LogP) is 6.33. The largest absolute Gasteiger partial charge is 0.486 e. The zero-order chi connectivity index (χ0) is 26.0. The van der Waals surface area contributed by atoms with E-state index in [4.69, 9.17) is 14.2 Å². The highest BCUT2D eigenvalue weighted by molar-refractivity contribution is 6.12. The molecule has 4 rings (SSSR count). The molecule has 36 heavy (non-hydrogen) atoms. The highest BCUT2D eigenvalue weighted by Crippen LogP contribution is 2.31. The van der Waals surface area contributed by atoms with Crippen LogP contribution in [-0.2, 0) is 9.47 Å². The van der Waals surface area contributed by atoms with Crippen LogP contribution in [0.2, 0.25) is 0 Å².